The van der Waals surface area contributed by atoms with Gasteiger partial charge in [-0.15, -0.1) is 0 Å². The van der Waals surface area contributed by atoms with Gasteiger partial charge in [-0.3, -0.25) is 0 Å². The van der Waals surface area contributed by atoms with Crippen LogP contribution in [-0.2, 0) is 5.41 Å². The van der Waals surface area contributed by atoms with Crippen LogP contribution < -0.4 is 0 Å². The number of hydrogen-bond donors (Lipinski definition) is 0. The molecule has 0 saturated carbocycles. The van der Waals surface area contributed by atoms with Crippen LogP contribution >= 0.6 is 0 Å². The molecule has 0 spiro atoms. The summed E-state index contributed by atoms with van der Waals surface area (Å²) in [7, 11) is 0. The zero-order valence-corrected chi connectivity index (χ0v) is 8.38. The monoisotopic (exact) mass is 172 g/mol. The predicted octanol–water partition coefficient (Wildman–Crippen LogP) is 3.60. The van der Waals surface area contributed by atoms with Gasteiger partial charge in [0, 0.05) is 0 Å². The van der Waals surface area contributed by atoms with Gasteiger partial charge in [0.2, 0.25) is 0 Å². The van der Waals surface area contributed by atoms with Gasteiger partial charge in [-0.05, 0) is 30.7 Å². The van der Waals surface area contributed by atoms with Gasteiger partial charge >= 0.3 is 0 Å². The molecule has 0 heterocycles. The van der Waals surface area contributed by atoms with Crippen molar-refractivity contribution in [2.45, 2.75) is 32.1 Å². The van der Waals surface area contributed by atoms with Gasteiger partial charge in [-0.2, -0.15) is 0 Å². The van der Waals surface area contributed by atoms with Gasteiger partial charge in [0.15, 0.2) is 0 Å². The molecule has 0 saturated heterocycles. The largest absolute Gasteiger partial charge is 0.0876 e. The molecular weight excluding hydrogens is 156 g/mol. The number of hydrogen-bond acceptors (Lipinski definition) is 0. The molecular formula is C13H16. The van der Waals surface area contributed by atoms with Crippen LogP contribution in [0.4, 0.5) is 0 Å². The van der Waals surface area contributed by atoms with Gasteiger partial charge in [0.25, 0.3) is 0 Å². The highest BCUT2D eigenvalue weighted by Crippen LogP contribution is 2.36. The van der Waals surface area contributed by atoms with E-state index >= 15 is 0 Å². The summed E-state index contributed by atoms with van der Waals surface area (Å²) in [4.78, 5) is 0. The minimum atomic E-state index is 0.367. The van der Waals surface area contributed by atoms with E-state index in [1.165, 1.54) is 24.0 Å². The first-order valence-corrected chi connectivity index (χ1v) is 4.93. The molecule has 0 amide bonds. The van der Waals surface area contributed by atoms with Crippen molar-refractivity contribution in [3.63, 3.8) is 0 Å². The Labute approximate surface area is 80.3 Å². The van der Waals surface area contributed by atoms with Crippen LogP contribution in [0, 0.1) is 6.92 Å². The highest BCUT2D eigenvalue weighted by Gasteiger charge is 2.26. The lowest BCUT2D eigenvalue weighted by atomic mass is 9.80. The van der Waals surface area contributed by atoms with Crippen LogP contribution in [0.3, 0.4) is 0 Å². The molecule has 0 fully saturated rings. The molecule has 1 aliphatic carbocycles. The Hall–Kier alpha value is -1.04. The Bertz CT molecular complexity index is 326. The van der Waals surface area contributed by atoms with E-state index in [-0.39, 0.29) is 0 Å². The van der Waals surface area contributed by atoms with Crippen LogP contribution in [0.1, 0.15) is 30.9 Å². The van der Waals surface area contributed by atoms with Gasteiger partial charge in [0.1, 0.15) is 0 Å². The quantitative estimate of drug-likeness (QED) is 0.568. The second-order valence-corrected chi connectivity index (χ2v) is 4.31. The van der Waals surface area contributed by atoms with E-state index in [0.29, 0.717) is 5.41 Å². The third-order valence-corrected chi connectivity index (χ3v) is 3.02. The molecule has 0 N–H and O–H groups in total. The Kier molecular flexibility index (Phi) is 1.99. The Morgan fingerprint density at radius 1 is 1.15 bits per heavy atom. The third-order valence-electron chi connectivity index (χ3n) is 3.02. The Morgan fingerprint density at radius 3 is 2.46 bits per heavy atom. The second-order valence-electron chi connectivity index (χ2n) is 4.31. The SMILES string of the molecule is Cc1cccc(C2(C)CC=CC2)c1. The van der Waals surface area contributed by atoms with Crippen LogP contribution in [0.5, 0.6) is 0 Å². The van der Waals surface area contributed by atoms with Crippen LogP contribution in [-0.4, -0.2) is 0 Å². The molecule has 0 atom stereocenters. The van der Waals surface area contributed by atoms with Crippen molar-refractivity contribution in [2.24, 2.45) is 0 Å². The summed E-state index contributed by atoms with van der Waals surface area (Å²) >= 11 is 0. The topological polar surface area (TPSA) is 0 Å². The maximum absolute atomic E-state index is 2.35. The zero-order valence-electron chi connectivity index (χ0n) is 8.38. The highest BCUT2D eigenvalue weighted by atomic mass is 14.3. The van der Waals surface area contributed by atoms with E-state index in [1.807, 2.05) is 0 Å². The van der Waals surface area contributed by atoms with E-state index in [4.69, 9.17) is 0 Å². The van der Waals surface area contributed by atoms with Gasteiger partial charge in [-0.25, -0.2) is 0 Å². The summed E-state index contributed by atoms with van der Waals surface area (Å²) in [6, 6.07) is 8.89. The predicted molar refractivity (Wildman–Crippen MR) is 56.9 cm³/mol. The summed E-state index contributed by atoms with van der Waals surface area (Å²) < 4.78 is 0. The molecule has 0 unspecified atom stereocenters. The average Bonchev–Trinajstić information content (AvgIpc) is 2.54. The molecule has 2 rings (SSSR count). The second kappa shape index (κ2) is 3.02. The standard InChI is InChI=1S/C13H16/c1-11-6-5-7-12(10-11)13(2)8-3-4-9-13/h3-7,10H,8-9H2,1-2H3. The van der Waals surface area contributed by atoms with Crippen molar-refractivity contribution in [1.29, 1.82) is 0 Å². The fourth-order valence-corrected chi connectivity index (χ4v) is 2.03. The highest BCUT2D eigenvalue weighted by molar-refractivity contribution is 5.32. The number of benzene rings is 1. The molecule has 0 heteroatoms. The first-order chi connectivity index (χ1) is 6.21. The van der Waals surface area contributed by atoms with Crippen molar-refractivity contribution < 1.29 is 0 Å². The first kappa shape index (κ1) is 8.55. The van der Waals surface area contributed by atoms with E-state index in [0.717, 1.165) is 0 Å². The van der Waals surface area contributed by atoms with Gasteiger partial charge in [-0.1, -0.05) is 48.9 Å². The first-order valence-electron chi connectivity index (χ1n) is 4.93. The summed E-state index contributed by atoms with van der Waals surface area (Å²) in [6.07, 6.45) is 6.97. The molecule has 0 bridgehead atoms. The number of allylic oxidation sites excluding steroid dienone is 2. The normalized spacial score (nSPS) is 19.2. The maximum Gasteiger partial charge on any atom is -0.000631 e. The molecule has 1 aromatic carbocycles. The van der Waals surface area contributed by atoms with E-state index < -0.39 is 0 Å². The molecule has 1 aliphatic rings. The summed E-state index contributed by atoms with van der Waals surface area (Å²) in [5.41, 5.74) is 3.22. The molecule has 68 valence electrons. The van der Waals surface area contributed by atoms with E-state index in [1.54, 1.807) is 0 Å². The fraction of sp³-hybridized carbons (Fsp3) is 0.385. The van der Waals surface area contributed by atoms with Crippen LogP contribution in [0.2, 0.25) is 0 Å². The minimum Gasteiger partial charge on any atom is -0.0876 e. The molecule has 0 aliphatic heterocycles. The smallest absolute Gasteiger partial charge is 0.000631 e. The third kappa shape index (κ3) is 1.53. The van der Waals surface area contributed by atoms with Crippen molar-refractivity contribution >= 4 is 0 Å². The summed E-state index contributed by atoms with van der Waals surface area (Å²) in [6.45, 7) is 4.51. The van der Waals surface area contributed by atoms with Gasteiger partial charge < -0.3 is 0 Å². The van der Waals surface area contributed by atoms with Crippen LogP contribution in [0.25, 0.3) is 0 Å². The maximum atomic E-state index is 2.35. The fourth-order valence-electron chi connectivity index (χ4n) is 2.03. The van der Waals surface area contributed by atoms with Crippen molar-refractivity contribution in [1.82, 2.24) is 0 Å². The van der Waals surface area contributed by atoms with Crippen molar-refractivity contribution in [3.8, 4) is 0 Å². The summed E-state index contributed by atoms with van der Waals surface area (Å²) in [5.74, 6) is 0. The molecule has 1 aromatic rings. The van der Waals surface area contributed by atoms with Gasteiger partial charge in [0.05, 0.1) is 0 Å². The lowest BCUT2D eigenvalue weighted by Gasteiger charge is -2.24. The zero-order chi connectivity index (χ0) is 9.31. The Morgan fingerprint density at radius 2 is 1.85 bits per heavy atom. The number of aryl methyl sites for hydroxylation is 1. The van der Waals surface area contributed by atoms with Crippen LogP contribution in [0.15, 0.2) is 36.4 Å². The molecule has 13 heavy (non-hydrogen) atoms. The number of rotatable bonds is 1. The molecule has 0 nitrogen and oxygen atoms in total. The molecule has 0 aromatic heterocycles. The Balaban J connectivity index is 2.35. The van der Waals surface area contributed by atoms with Crippen molar-refractivity contribution in [2.75, 3.05) is 0 Å². The summed E-state index contributed by atoms with van der Waals surface area (Å²) in [5, 5.41) is 0. The average molecular weight is 172 g/mol. The van der Waals surface area contributed by atoms with Crippen molar-refractivity contribution in [3.05, 3.63) is 47.5 Å². The lowest BCUT2D eigenvalue weighted by molar-refractivity contribution is 0.511. The van der Waals surface area contributed by atoms with E-state index in [2.05, 4.69) is 50.3 Å². The minimum absolute atomic E-state index is 0.367. The molecule has 0 radical (unpaired) electrons. The van der Waals surface area contributed by atoms with E-state index in [9.17, 15) is 0 Å². The lowest BCUT2D eigenvalue weighted by Crippen LogP contribution is -2.17.